The number of nitrogens with two attached hydrogens (primary N) is 1. The Labute approximate surface area is 121 Å². The molecule has 1 fully saturated rings. The SMILES string of the molecule is Cc1cc(NC(=O)C2(N)CCOCC2)cc(C)c1Br. The van der Waals surface area contributed by atoms with E-state index in [-0.39, 0.29) is 5.91 Å². The van der Waals surface area contributed by atoms with Crippen molar-refractivity contribution in [2.75, 3.05) is 18.5 Å². The van der Waals surface area contributed by atoms with Crippen LogP contribution in [0.1, 0.15) is 24.0 Å². The van der Waals surface area contributed by atoms with Crippen molar-refractivity contribution in [3.63, 3.8) is 0 Å². The minimum absolute atomic E-state index is 0.128. The summed E-state index contributed by atoms with van der Waals surface area (Å²) in [7, 11) is 0. The van der Waals surface area contributed by atoms with Crippen molar-refractivity contribution in [3.8, 4) is 0 Å². The minimum Gasteiger partial charge on any atom is -0.381 e. The highest BCUT2D eigenvalue weighted by Gasteiger charge is 2.35. The van der Waals surface area contributed by atoms with E-state index in [1.165, 1.54) is 0 Å². The number of nitrogens with one attached hydrogen (secondary N) is 1. The number of aryl methyl sites for hydroxylation is 2. The van der Waals surface area contributed by atoms with Crippen molar-refractivity contribution >= 4 is 27.5 Å². The van der Waals surface area contributed by atoms with Crippen molar-refractivity contribution in [3.05, 3.63) is 27.7 Å². The third-order valence-corrected chi connectivity index (χ3v) is 4.78. The van der Waals surface area contributed by atoms with Gasteiger partial charge in [0.2, 0.25) is 5.91 Å². The second-order valence-corrected chi connectivity index (χ2v) is 5.94. The summed E-state index contributed by atoms with van der Waals surface area (Å²) >= 11 is 3.51. The van der Waals surface area contributed by atoms with E-state index in [1.54, 1.807) is 0 Å². The molecule has 0 saturated carbocycles. The van der Waals surface area contributed by atoms with Gasteiger partial charge in [-0.2, -0.15) is 0 Å². The average Bonchev–Trinajstić information content (AvgIpc) is 2.36. The molecule has 0 aliphatic carbocycles. The fraction of sp³-hybridized carbons (Fsp3) is 0.500. The van der Waals surface area contributed by atoms with Crippen LogP contribution in [0.5, 0.6) is 0 Å². The van der Waals surface area contributed by atoms with E-state index in [0.29, 0.717) is 26.1 Å². The summed E-state index contributed by atoms with van der Waals surface area (Å²) in [5.41, 5.74) is 8.32. The molecular weight excluding hydrogens is 308 g/mol. The summed E-state index contributed by atoms with van der Waals surface area (Å²) in [5.74, 6) is -0.128. The molecule has 19 heavy (non-hydrogen) atoms. The number of benzene rings is 1. The lowest BCUT2D eigenvalue weighted by Gasteiger charge is -2.31. The average molecular weight is 327 g/mol. The van der Waals surface area contributed by atoms with Gasteiger partial charge < -0.3 is 15.8 Å². The molecule has 0 aromatic heterocycles. The molecule has 0 unspecified atom stereocenters. The number of anilines is 1. The zero-order valence-corrected chi connectivity index (χ0v) is 12.8. The maximum Gasteiger partial charge on any atom is 0.244 e. The smallest absolute Gasteiger partial charge is 0.244 e. The summed E-state index contributed by atoms with van der Waals surface area (Å²) in [4.78, 5) is 12.3. The highest BCUT2D eigenvalue weighted by atomic mass is 79.9. The summed E-state index contributed by atoms with van der Waals surface area (Å²) in [6, 6.07) is 3.88. The zero-order valence-electron chi connectivity index (χ0n) is 11.3. The van der Waals surface area contributed by atoms with E-state index in [9.17, 15) is 4.79 Å². The molecule has 1 amide bonds. The van der Waals surface area contributed by atoms with Crippen LogP contribution in [0.4, 0.5) is 5.69 Å². The molecule has 0 bridgehead atoms. The van der Waals surface area contributed by atoms with Crippen LogP contribution in [-0.4, -0.2) is 24.7 Å². The number of hydrogen-bond donors (Lipinski definition) is 2. The van der Waals surface area contributed by atoms with Crippen LogP contribution < -0.4 is 11.1 Å². The molecule has 0 spiro atoms. The van der Waals surface area contributed by atoms with Crippen LogP contribution >= 0.6 is 15.9 Å². The van der Waals surface area contributed by atoms with Crippen molar-refractivity contribution in [2.24, 2.45) is 5.73 Å². The Morgan fingerprint density at radius 3 is 2.37 bits per heavy atom. The quantitative estimate of drug-likeness (QED) is 0.877. The number of rotatable bonds is 2. The Bertz CT molecular complexity index is 473. The zero-order chi connectivity index (χ0) is 14.0. The third kappa shape index (κ3) is 3.16. The summed E-state index contributed by atoms with van der Waals surface area (Å²) in [6.07, 6.45) is 1.13. The number of halogens is 1. The lowest BCUT2D eigenvalue weighted by molar-refractivity contribution is -0.124. The maximum absolute atomic E-state index is 12.3. The molecule has 1 aromatic rings. The first kappa shape index (κ1) is 14.5. The largest absolute Gasteiger partial charge is 0.381 e. The number of amides is 1. The van der Waals surface area contributed by atoms with Gasteiger partial charge in [-0.3, -0.25) is 4.79 Å². The summed E-state index contributed by atoms with van der Waals surface area (Å²) in [6.45, 7) is 5.09. The Morgan fingerprint density at radius 2 is 1.84 bits per heavy atom. The van der Waals surface area contributed by atoms with Gasteiger partial charge in [-0.05, 0) is 49.9 Å². The predicted molar refractivity (Wildman–Crippen MR) is 79.2 cm³/mol. The molecule has 3 N–H and O–H groups in total. The van der Waals surface area contributed by atoms with Crippen molar-refractivity contribution in [1.82, 2.24) is 0 Å². The molecule has 1 aliphatic rings. The molecule has 1 aliphatic heterocycles. The Hall–Kier alpha value is -0.910. The Kier molecular flexibility index (Phi) is 4.28. The van der Waals surface area contributed by atoms with Gasteiger partial charge in [-0.25, -0.2) is 0 Å². The van der Waals surface area contributed by atoms with Gasteiger partial charge in [0.1, 0.15) is 5.54 Å². The molecular formula is C14H19BrN2O2. The summed E-state index contributed by atoms with van der Waals surface area (Å²) in [5, 5.41) is 2.92. The number of ether oxygens (including phenoxy) is 1. The van der Waals surface area contributed by atoms with Gasteiger partial charge in [-0.1, -0.05) is 15.9 Å². The molecule has 0 atom stereocenters. The standard InChI is InChI=1S/C14H19BrN2O2/c1-9-7-11(8-10(2)12(9)15)17-13(18)14(16)3-5-19-6-4-14/h7-8H,3-6,16H2,1-2H3,(H,17,18). The topological polar surface area (TPSA) is 64.4 Å². The minimum atomic E-state index is -0.812. The van der Waals surface area contributed by atoms with E-state index in [4.69, 9.17) is 10.5 Å². The van der Waals surface area contributed by atoms with Gasteiger partial charge in [0.05, 0.1) is 0 Å². The van der Waals surface area contributed by atoms with E-state index in [1.807, 2.05) is 26.0 Å². The van der Waals surface area contributed by atoms with E-state index < -0.39 is 5.54 Å². The van der Waals surface area contributed by atoms with Crippen LogP contribution in [0.25, 0.3) is 0 Å². The van der Waals surface area contributed by atoms with Gasteiger partial charge in [0.25, 0.3) is 0 Å². The molecule has 2 rings (SSSR count). The fourth-order valence-corrected chi connectivity index (χ4v) is 2.47. The van der Waals surface area contributed by atoms with Crippen molar-refractivity contribution in [1.29, 1.82) is 0 Å². The lowest BCUT2D eigenvalue weighted by Crippen LogP contribution is -2.54. The first-order valence-electron chi connectivity index (χ1n) is 6.37. The van der Waals surface area contributed by atoms with Crippen LogP contribution in [0.15, 0.2) is 16.6 Å². The van der Waals surface area contributed by atoms with Gasteiger partial charge >= 0.3 is 0 Å². The molecule has 1 heterocycles. The molecule has 0 radical (unpaired) electrons. The van der Waals surface area contributed by atoms with Crippen LogP contribution in [0.2, 0.25) is 0 Å². The normalized spacial score (nSPS) is 18.1. The van der Waals surface area contributed by atoms with Crippen LogP contribution in [0, 0.1) is 13.8 Å². The predicted octanol–water partition coefficient (Wildman–Crippen LogP) is 2.51. The van der Waals surface area contributed by atoms with Crippen LogP contribution in [0.3, 0.4) is 0 Å². The second-order valence-electron chi connectivity index (χ2n) is 5.15. The maximum atomic E-state index is 12.3. The third-order valence-electron chi connectivity index (χ3n) is 3.53. The van der Waals surface area contributed by atoms with E-state index in [2.05, 4.69) is 21.2 Å². The van der Waals surface area contributed by atoms with Crippen LogP contribution in [-0.2, 0) is 9.53 Å². The Morgan fingerprint density at radius 1 is 1.32 bits per heavy atom. The van der Waals surface area contributed by atoms with Crippen molar-refractivity contribution in [2.45, 2.75) is 32.2 Å². The van der Waals surface area contributed by atoms with E-state index >= 15 is 0 Å². The van der Waals surface area contributed by atoms with Gasteiger partial charge in [0.15, 0.2) is 0 Å². The number of carbonyl (C=O) groups is 1. The number of carbonyl (C=O) groups excluding carboxylic acids is 1. The highest BCUT2D eigenvalue weighted by Crippen LogP contribution is 2.26. The van der Waals surface area contributed by atoms with Gasteiger partial charge in [-0.15, -0.1) is 0 Å². The lowest BCUT2D eigenvalue weighted by atomic mass is 9.90. The monoisotopic (exact) mass is 326 g/mol. The van der Waals surface area contributed by atoms with E-state index in [0.717, 1.165) is 21.3 Å². The fourth-order valence-electron chi connectivity index (χ4n) is 2.24. The second kappa shape index (κ2) is 5.61. The number of hydrogen-bond acceptors (Lipinski definition) is 3. The first-order valence-corrected chi connectivity index (χ1v) is 7.16. The summed E-state index contributed by atoms with van der Waals surface area (Å²) < 4.78 is 6.32. The first-order chi connectivity index (χ1) is 8.92. The Balaban J connectivity index is 2.14. The molecule has 104 valence electrons. The molecule has 5 heteroatoms. The highest BCUT2D eigenvalue weighted by molar-refractivity contribution is 9.10. The van der Waals surface area contributed by atoms with Gasteiger partial charge in [0, 0.05) is 23.4 Å². The molecule has 1 aromatic carbocycles. The molecule has 1 saturated heterocycles. The van der Waals surface area contributed by atoms with Crippen molar-refractivity contribution < 1.29 is 9.53 Å². The molecule has 4 nitrogen and oxygen atoms in total.